The quantitative estimate of drug-likeness (QED) is 0.520. The molecule has 0 unspecified atom stereocenters. The van der Waals surface area contributed by atoms with E-state index in [0.717, 1.165) is 40.4 Å². The second-order valence-electron chi connectivity index (χ2n) is 4.87. The van der Waals surface area contributed by atoms with E-state index in [1.165, 1.54) is 0 Å². The van der Waals surface area contributed by atoms with Crippen LogP contribution in [0.5, 0.6) is 5.75 Å². The van der Waals surface area contributed by atoms with Crippen LogP contribution in [0.2, 0.25) is 0 Å². The minimum absolute atomic E-state index is 0. The Morgan fingerprint density at radius 1 is 1.14 bits per heavy atom. The zero-order valence-electron chi connectivity index (χ0n) is 11.5. The van der Waals surface area contributed by atoms with Crippen LogP contribution in [0.1, 0.15) is 0 Å². The molecule has 0 saturated heterocycles. The molecule has 2 heterocycles. The standard InChI is InChI=1S/C16H14N3O.U/c1-19-9-10-20-15-11(5-4-8-14(15)19)16-17-12-6-2-3-7-13(12)18-16;/h2-8H,1,9-10H2,(H,17,18);/q-1;. The van der Waals surface area contributed by atoms with Crippen LogP contribution >= 0.6 is 0 Å². The first kappa shape index (κ1) is 14.5. The molecule has 104 valence electrons. The zero-order chi connectivity index (χ0) is 13.5. The Kier molecular flexibility index (Phi) is 3.97. The number of fused-ring (bicyclic) bond motifs is 2. The molecule has 0 bridgehead atoms. The minimum atomic E-state index is 0. The van der Waals surface area contributed by atoms with E-state index in [-0.39, 0.29) is 31.1 Å². The van der Waals surface area contributed by atoms with Crippen molar-refractivity contribution in [3.05, 3.63) is 49.5 Å². The number of para-hydroxylation sites is 3. The number of hydrogen-bond acceptors (Lipinski definition) is 3. The van der Waals surface area contributed by atoms with E-state index in [4.69, 9.17) is 4.74 Å². The summed E-state index contributed by atoms with van der Waals surface area (Å²) in [6, 6.07) is 14.1. The fraction of sp³-hybridized carbons (Fsp3) is 0.125. The summed E-state index contributed by atoms with van der Waals surface area (Å²) in [5.41, 5.74) is 3.98. The summed E-state index contributed by atoms with van der Waals surface area (Å²) in [4.78, 5) is 9.95. The molecule has 1 N–H and O–H groups in total. The Balaban J connectivity index is 0.00000132. The SMILES string of the molecule is [CH2-]N1CCOc2c(-c3nc4ccccc4[nH]3)cccc21.[U]. The first-order valence-electron chi connectivity index (χ1n) is 6.62. The van der Waals surface area contributed by atoms with Crippen LogP contribution in [0.3, 0.4) is 0 Å². The van der Waals surface area contributed by atoms with Crippen LogP contribution in [-0.4, -0.2) is 23.1 Å². The Morgan fingerprint density at radius 2 is 2.00 bits per heavy atom. The van der Waals surface area contributed by atoms with Crippen LogP contribution in [0.25, 0.3) is 22.4 Å². The van der Waals surface area contributed by atoms with Gasteiger partial charge in [-0.15, -0.1) is 0 Å². The number of nitrogens with one attached hydrogen (secondary N) is 1. The number of nitrogens with zero attached hydrogens (tertiary/aromatic N) is 2. The number of aromatic nitrogens is 2. The van der Waals surface area contributed by atoms with Crippen molar-refractivity contribution in [3.8, 4) is 17.1 Å². The molecule has 0 saturated carbocycles. The largest absolute Gasteiger partial charge is 0.520 e. The van der Waals surface area contributed by atoms with Crippen LogP contribution in [-0.2, 0) is 0 Å². The molecule has 1 aliphatic heterocycles. The van der Waals surface area contributed by atoms with Crippen molar-refractivity contribution < 1.29 is 35.9 Å². The number of imidazole rings is 1. The maximum Gasteiger partial charge on any atom is 0.151 e. The maximum absolute atomic E-state index is 5.83. The molecule has 1 aromatic heterocycles. The number of rotatable bonds is 1. The van der Waals surface area contributed by atoms with Crippen molar-refractivity contribution in [2.45, 2.75) is 0 Å². The van der Waals surface area contributed by atoms with Gasteiger partial charge in [0, 0.05) is 37.7 Å². The summed E-state index contributed by atoms with van der Waals surface area (Å²) >= 11 is 0. The second kappa shape index (κ2) is 5.75. The van der Waals surface area contributed by atoms with Gasteiger partial charge in [0.1, 0.15) is 12.4 Å². The van der Waals surface area contributed by atoms with Gasteiger partial charge in [0.15, 0.2) is 5.75 Å². The molecule has 2 aromatic carbocycles. The number of ether oxygens (including phenoxy) is 1. The molecule has 0 radical (unpaired) electrons. The summed E-state index contributed by atoms with van der Waals surface area (Å²) in [5.74, 6) is 1.69. The Hall–Kier alpha value is -1.44. The molecule has 0 fully saturated rings. The molecule has 4 nitrogen and oxygen atoms in total. The fourth-order valence-corrected chi connectivity index (χ4v) is 2.57. The van der Waals surface area contributed by atoms with Crippen molar-refractivity contribution in [1.82, 2.24) is 9.97 Å². The van der Waals surface area contributed by atoms with Gasteiger partial charge in [-0.1, -0.05) is 18.2 Å². The van der Waals surface area contributed by atoms with E-state index in [9.17, 15) is 0 Å². The molecular formula is C16H14N3OU-. The van der Waals surface area contributed by atoms with E-state index in [0.29, 0.717) is 6.61 Å². The summed E-state index contributed by atoms with van der Waals surface area (Å²) in [7, 11) is 4.04. The topological polar surface area (TPSA) is 41.1 Å². The molecule has 4 rings (SSSR count). The van der Waals surface area contributed by atoms with Crippen molar-refractivity contribution in [1.29, 1.82) is 0 Å². The first-order chi connectivity index (χ1) is 9.83. The number of benzene rings is 2. The normalized spacial score (nSPS) is 13.5. The smallest absolute Gasteiger partial charge is 0.151 e. The number of anilines is 1. The van der Waals surface area contributed by atoms with Crippen molar-refractivity contribution >= 4 is 16.7 Å². The van der Waals surface area contributed by atoms with Gasteiger partial charge in [0.2, 0.25) is 0 Å². The summed E-state index contributed by atoms with van der Waals surface area (Å²) in [5, 5.41) is 0. The molecule has 5 heteroatoms. The second-order valence-corrected chi connectivity index (χ2v) is 4.87. The monoisotopic (exact) mass is 502 g/mol. The van der Waals surface area contributed by atoms with E-state index in [2.05, 4.69) is 17.0 Å². The third kappa shape index (κ3) is 2.45. The van der Waals surface area contributed by atoms with Gasteiger partial charge in [-0.05, 0) is 24.3 Å². The van der Waals surface area contributed by atoms with Gasteiger partial charge in [-0.3, -0.25) is 7.05 Å². The molecular weight excluding hydrogens is 488 g/mol. The molecule has 0 atom stereocenters. The number of H-pyrrole nitrogens is 1. The Labute approximate surface area is 146 Å². The Morgan fingerprint density at radius 3 is 2.86 bits per heavy atom. The van der Waals surface area contributed by atoms with Gasteiger partial charge >= 0.3 is 0 Å². The summed E-state index contributed by atoms with van der Waals surface area (Å²) < 4.78 is 5.83. The maximum atomic E-state index is 5.83. The first-order valence-corrected chi connectivity index (χ1v) is 6.62. The van der Waals surface area contributed by atoms with Crippen LogP contribution in [0.4, 0.5) is 5.69 Å². The molecule has 21 heavy (non-hydrogen) atoms. The third-order valence-electron chi connectivity index (χ3n) is 3.59. The van der Waals surface area contributed by atoms with E-state index < -0.39 is 0 Å². The molecule has 1 aliphatic rings. The zero-order valence-corrected chi connectivity index (χ0v) is 15.6. The third-order valence-corrected chi connectivity index (χ3v) is 3.59. The van der Waals surface area contributed by atoms with Gasteiger partial charge in [-0.2, -0.15) is 0 Å². The summed E-state index contributed by atoms with van der Waals surface area (Å²) in [6.07, 6.45) is 0. The van der Waals surface area contributed by atoms with E-state index >= 15 is 0 Å². The molecule has 3 aromatic rings. The minimum Gasteiger partial charge on any atom is -0.520 e. The number of hydrogen-bond donors (Lipinski definition) is 1. The Bertz CT molecular complexity index is 751. The van der Waals surface area contributed by atoms with Crippen LogP contribution < -0.4 is 9.64 Å². The predicted molar refractivity (Wildman–Crippen MR) is 79.7 cm³/mol. The van der Waals surface area contributed by atoms with Crippen molar-refractivity contribution in [3.63, 3.8) is 0 Å². The van der Waals surface area contributed by atoms with Crippen molar-refractivity contribution in [2.24, 2.45) is 0 Å². The van der Waals surface area contributed by atoms with Gasteiger partial charge in [-0.25, -0.2) is 4.98 Å². The van der Waals surface area contributed by atoms with E-state index in [1.807, 2.05) is 47.4 Å². The van der Waals surface area contributed by atoms with Gasteiger partial charge in [0.05, 0.1) is 22.3 Å². The summed E-state index contributed by atoms with van der Waals surface area (Å²) in [6.45, 7) is 1.45. The average molecular weight is 502 g/mol. The predicted octanol–water partition coefficient (Wildman–Crippen LogP) is 3.22. The average Bonchev–Trinajstić information content (AvgIpc) is 2.91. The fourth-order valence-electron chi connectivity index (χ4n) is 2.57. The molecule has 0 aliphatic carbocycles. The van der Waals surface area contributed by atoms with Crippen molar-refractivity contribution in [2.75, 3.05) is 18.1 Å². The van der Waals surface area contributed by atoms with Gasteiger partial charge < -0.3 is 14.6 Å². The van der Waals surface area contributed by atoms with E-state index in [1.54, 1.807) is 0 Å². The van der Waals surface area contributed by atoms with Gasteiger partial charge in [0.25, 0.3) is 0 Å². The molecule has 0 spiro atoms. The van der Waals surface area contributed by atoms with Crippen LogP contribution in [0.15, 0.2) is 42.5 Å². The number of aromatic amines is 1. The van der Waals surface area contributed by atoms with Crippen LogP contribution in [0, 0.1) is 38.2 Å². The molecule has 0 amide bonds.